The van der Waals surface area contributed by atoms with Crippen molar-refractivity contribution in [3.05, 3.63) is 63.5 Å². The topological polar surface area (TPSA) is 75.6 Å². The van der Waals surface area contributed by atoms with E-state index in [9.17, 15) is 15.0 Å². The van der Waals surface area contributed by atoms with Gasteiger partial charge in [0.05, 0.1) is 5.69 Å². The van der Waals surface area contributed by atoms with E-state index in [1.54, 1.807) is 12.1 Å². The Morgan fingerprint density at radius 2 is 1.75 bits per heavy atom. The molecule has 0 radical (unpaired) electrons. The zero-order chi connectivity index (χ0) is 16.6. The maximum Gasteiger partial charge on any atom is 0.336 e. The zero-order valence-corrected chi connectivity index (χ0v) is 13.0. The second-order valence-electron chi connectivity index (χ2n) is 6.57. The molecule has 2 atom stereocenters. The van der Waals surface area contributed by atoms with E-state index in [1.807, 2.05) is 13.0 Å². The summed E-state index contributed by atoms with van der Waals surface area (Å²) in [4.78, 5) is 11.6. The summed E-state index contributed by atoms with van der Waals surface area (Å²) >= 11 is 0. The van der Waals surface area contributed by atoms with Gasteiger partial charge in [-0.15, -0.1) is 0 Å². The number of allylic oxidation sites excluding steroid dienone is 2. The van der Waals surface area contributed by atoms with Gasteiger partial charge in [-0.3, -0.25) is 4.57 Å². The molecule has 5 rings (SSSR count). The fourth-order valence-electron chi connectivity index (χ4n) is 4.14. The van der Waals surface area contributed by atoms with Crippen molar-refractivity contribution >= 4 is 11.0 Å². The molecular weight excluding hydrogens is 306 g/mol. The van der Waals surface area contributed by atoms with Gasteiger partial charge < -0.3 is 14.6 Å². The molecule has 2 aliphatic carbocycles. The number of benzene rings is 1. The van der Waals surface area contributed by atoms with E-state index in [4.69, 9.17) is 4.42 Å². The summed E-state index contributed by atoms with van der Waals surface area (Å²) in [7, 11) is 0. The molecule has 2 aliphatic rings. The molecule has 3 aromatic rings. The first kappa shape index (κ1) is 13.5. The predicted octanol–water partition coefficient (Wildman–Crippen LogP) is 3.44. The predicted molar refractivity (Wildman–Crippen MR) is 89.1 cm³/mol. The average Bonchev–Trinajstić information content (AvgIpc) is 3.20. The van der Waals surface area contributed by atoms with Crippen LogP contribution in [-0.4, -0.2) is 14.8 Å². The van der Waals surface area contributed by atoms with Crippen molar-refractivity contribution in [3.8, 4) is 17.4 Å². The summed E-state index contributed by atoms with van der Waals surface area (Å²) in [6.07, 6.45) is 5.08. The average molecular weight is 321 g/mol. The second-order valence-corrected chi connectivity index (χ2v) is 6.57. The second kappa shape index (κ2) is 4.32. The Hall–Kier alpha value is -2.95. The molecule has 0 saturated carbocycles. The van der Waals surface area contributed by atoms with Gasteiger partial charge in [-0.2, -0.15) is 0 Å². The molecule has 2 N–H and O–H groups in total. The van der Waals surface area contributed by atoms with Crippen LogP contribution in [0.4, 0.5) is 0 Å². The standard InChI is InChI=1S/C19H15NO4/c1-9-6-15(21)24-14-8-12(4-5-13(9)14)20-18(22)16-10-2-3-11(7-10)17(16)19(20)23/h2-6,8,10-11,22-23H,7H2,1H3/t10-,11+. The summed E-state index contributed by atoms with van der Waals surface area (Å²) in [6.45, 7) is 1.85. The quantitative estimate of drug-likeness (QED) is 0.532. The first-order chi connectivity index (χ1) is 11.5. The highest BCUT2D eigenvalue weighted by Gasteiger charge is 2.41. The number of nitrogens with zero attached hydrogens (tertiary/aromatic N) is 1. The van der Waals surface area contributed by atoms with Crippen LogP contribution in [0.15, 0.2) is 45.6 Å². The van der Waals surface area contributed by atoms with E-state index in [0.29, 0.717) is 11.3 Å². The number of aromatic nitrogens is 1. The van der Waals surface area contributed by atoms with E-state index in [1.165, 1.54) is 10.6 Å². The fourth-order valence-corrected chi connectivity index (χ4v) is 4.14. The molecule has 5 nitrogen and oxygen atoms in total. The Bertz CT molecular complexity index is 1070. The summed E-state index contributed by atoms with van der Waals surface area (Å²) in [5.41, 5.74) is 3.05. The smallest absolute Gasteiger partial charge is 0.336 e. The van der Waals surface area contributed by atoms with Gasteiger partial charge in [-0.25, -0.2) is 4.79 Å². The van der Waals surface area contributed by atoms with Crippen LogP contribution in [0.25, 0.3) is 16.7 Å². The molecule has 0 saturated heterocycles. The number of hydrogen-bond donors (Lipinski definition) is 2. The van der Waals surface area contributed by atoms with Crippen molar-refractivity contribution in [2.45, 2.75) is 25.2 Å². The molecule has 0 amide bonds. The Morgan fingerprint density at radius 3 is 2.42 bits per heavy atom. The first-order valence-electron chi connectivity index (χ1n) is 7.94. The highest BCUT2D eigenvalue weighted by molar-refractivity contribution is 5.82. The molecule has 0 fully saturated rings. The third-order valence-electron chi connectivity index (χ3n) is 5.21. The van der Waals surface area contributed by atoms with Crippen molar-refractivity contribution in [1.29, 1.82) is 0 Å². The minimum atomic E-state index is -0.414. The Kier molecular flexibility index (Phi) is 2.43. The molecule has 5 heteroatoms. The lowest BCUT2D eigenvalue weighted by Gasteiger charge is -2.11. The molecular formula is C19H15NO4. The summed E-state index contributed by atoms with van der Waals surface area (Å²) < 4.78 is 6.70. The fraction of sp³-hybridized carbons (Fsp3) is 0.211. The van der Waals surface area contributed by atoms with Crippen molar-refractivity contribution in [3.63, 3.8) is 0 Å². The van der Waals surface area contributed by atoms with Gasteiger partial charge in [0.1, 0.15) is 5.58 Å². The van der Waals surface area contributed by atoms with Crippen LogP contribution in [-0.2, 0) is 0 Å². The normalized spacial score (nSPS) is 20.9. The van der Waals surface area contributed by atoms with Crippen LogP contribution in [0.2, 0.25) is 0 Å². The summed E-state index contributed by atoms with van der Waals surface area (Å²) in [5.74, 6) is 0.456. The molecule has 0 spiro atoms. The minimum Gasteiger partial charge on any atom is -0.494 e. The summed E-state index contributed by atoms with van der Waals surface area (Å²) in [6, 6.07) is 6.76. The van der Waals surface area contributed by atoms with E-state index >= 15 is 0 Å². The monoisotopic (exact) mass is 321 g/mol. The number of fused-ring (bicyclic) bond motifs is 6. The van der Waals surface area contributed by atoms with E-state index in [0.717, 1.165) is 28.5 Å². The van der Waals surface area contributed by atoms with Crippen molar-refractivity contribution in [1.82, 2.24) is 4.57 Å². The van der Waals surface area contributed by atoms with E-state index in [-0.39, 0.29) is 23.6 Å². The zero-order valence-electron chi connectivity index (χ0n) is 13.0. The number of hydrogen-bond acceptors (Lipinski definition) is 4. The van der Waals surface area contributed by atoms with Gasteiger partial charge in [0.15, 0.2) is 0 Å². The van der Waals surface area contributed by atoms with E-state index < -0.39 is 5.63 Å². The van der Waals surface area contributed by atoms with Gasteiger partial charge in [0.25, 0.3) is 0 Å². The Labute approximate surface area is 137 Å². The SMILES string of the molecule is Cc1cc(=O)oc2cc(-n3c(O)c4c(c3O)[C@H]3C=C[C@@H]4C3)ccc12. The first-order valence-corrected chi connectivity index (χ1v) is 7.94. The van der Waals surface area contributed by atoms with Gasteiger partial charge >= 0.3 is 5.63 Å². The van der Waals surface area contributed by atoms with Gasteiger partial charge in [0, 0.05) is 40.5 Å². The molecule has 0 aliphatic heterocycles. The van der Waals surface area contributed by atoms with Crippen LogP contribution in [0.3, 0.4) is 0 Å². The third-order valence-corrected chi connectivity index (χ3v) is 5.21. The third kappa shape index (κ3) is 1.56. The maximum atomic E-state index is 11.6. The molecule has 2 heterocycles. The van der Waals surface area contributed by atoms with Crippen LogP contribution < -0.4 is 5.63 Å². The summed E-state index contributed by atoms with van der Waals surface area (Å²) in [5, 5.41) is 22.2. The maximum absolute atomic E-state index is 11.6. The van der Waals surface area contributed by atoms with Crippen LogP contribution >= 0.6 is 0 Å². The lowest BCUT2D eigenvalue weighted by atomic mass is 10.0. The van der Waals surface area contributed by atoms with Crippen molar-refractivity contribution in [2.24, 2.45) is 0 Å². The molecule has 0 unspecified atom stereocenters. The van der Waals surface area contributed by atoms with Gasteiger partial charge in [0.2, 0.25) is 11.8 Å². The van der Waals surface area contributed by atoms with Crippen molar-refractivity contribution in [2.75, 3.05) is 0 Å². The highest BCUT2D eigenvalue weighted by atomic mass is 16.4. The van der Waals surface area contributed by atoms with Crippen LogP contribution in [0.5, 0.6) is 11.8 Å². The molecule has 24 heavy (non-hydrogen) atoms. The number of aryl methyl sites for hydroxylation is 1. The number of rotatable bonds is 1. The van der Waals surface area contributed by atoms with Crippen molar-refractivity contribution < 1.29 is 14.6 Å². The lowest BCUT2D eigenvalue weighted by molar-refractivity contribution is 0.395. The van der Waals surface area contributed by atoms with E-state index in [2.05, 4.69) is 12.2 Å². The van der Waals surface area contributed by atoms with Gasteiger partial charge in [-0.1, -0.05) is 12.2 Å². The highest BCUT2D eigenvalue weighted by Crippen LogP contribution is 2.57. The Morgan fingerprint density at radius 1 is 1.08 bits per heavy atom. The lowest BCUT2D eigenvalue weighted by Crippen LogP contribution is -2.00. The molecule has 2 aromatic heterocycles. The molecule has 120 valence electrons. The number of aromatic hydroxyl groups is 2. The van der Waals surface area contributed by atoms with Gasteiger partial charge in [-0.05, 0) is 31.0 Å². The largest absolute Gasteiger partial charge is 0.494 e. The van der Waals surface area contributed by atoms with Crippen LogP contribution in [0, 0.1) is 6.92 Å². The molecule has 1 aromatic carbocycles. The molecule has 2 bridgehead atoms. The Balaban J connectivity index is 1.76. The van der Waals surface area contributed by atoms with Crippen LogP contribution in [0.1, 0.15) is 34.9 Å². The minimum absolute atomic E-state index is 0.0636.